The molecule has 1 heterocycles. The number of carbonyl (C=O) groups excluding carboxylic acids is 2. The number of carboxylic acid groups (broad SMARTS) is 1. The van der Waals surface area contributed by atoms with Crippen LogP contribution in [0, 0.1) is 11.8 Å². The van der Waals surface area contributed by atoms with Gasteiger partial charge in [0.25, 0.3) is 0 Å². The molecule has 8 heteroatoms. The molecule has 1 rings (SSSR count). The summed E-state index contributed by atoms with van der Waals surface area (Å²) >= 11 is 0. The lowest BCUT2D eigenvalue weighted by atomic mass is 9.90. The average molecular weight is 445 g/mol. The summed E-state index contributed by atoms with van der Waals surface area (Å²) in [5.74, 6) is -0.302. The normalized spacial score (nSPS) is 17.4. The Labute approximate surface area is 188 Å². The van der Waals surface area contributed by atoms with Gasteiger partial charge in [0, 0.05) is 33.8 Å². The number of aliphatic carboxylic acids is 1. The molecule has 1 fully saturated rings. The van der Waals surface area contributed by atoms with Crippen LogP contribution in [-0.4, -0.2) is 67.3 Å². The molecule has 3 unspecified atom stereocenters. The molecule has 0 saturated carbocycles. The van der Waals surface area contributed by atoms with Crippen LogP contribution in [0.2, 0.25) is 0 Å². The molecule has 1 aliphatic heterocycles. The number of nitrogens with two attached hydrogens (primary N) is 1. The molecule has 0 aromatic carbocycles. The van der Waals surface area contributed by atoms with Gasteiger partial charge in [0.2, 0.25) is 12.3 Å². The summed E-state index contributed by atoms with van der Waals surface area (Å²) in [4.78, 5) is 33.7. The van der Waals surface area contributed by atoms with Crippen LogP contribution in [0.4, 0.5) is 0 Å². The highest BCUT2D eigenvalue weighted by atomic mass is 16.5. The minimum Gasteiger partial charge on any atom is -0.480 e. The van der Waals surface area contributed by atoms with Gasteiger partial charge in [-0.2, -0.15) is 0 Å². The molecule has 0 radical (unpaired) electrons. The van der Waals surface area contributed by atoms with Crippen molar-refractivity contribution in [3.63, 3.8) is 0 Å². The minimum absolute atomic E-state index is 0.0417. The van der Waals surface area contributed by atoms with Crippen LogP contribution in [0.5, 0.6) is 0 Å². The number of hydrogen-bond acceptors (Lipinski definition) is 5. The van der Waals surface area contributed by atoms with E-state index in [1.165, 1.54) is 4.90 Å². The predicted molar refractivity (Wildman–Crippen MR) is 123 cm³/mol. The molecule has 31 heavy (non-hydrogen) atoms. The monoisotopic (exact) mass is 444 g/mol. The van der Waals surface area contributed by atoms with Crippen molar-refractivity contribution < 1.29 is 29.0 Å². The van der Waals surface area contributed by atoms with Crippen molar-refractivity contribution in [3.05, 3.63) is 12.7 Å². The van der Waals surface area contributed by atoms with Crippen LogP contribution < -0.4 is 5.73 Å². The second-order valence-electron chi connectivity index (χ2n) is 8.77. The summed E-state index contributed by atoms with van der Waals surface area (Å²) in [7, 11) is 3.35. The standard InChI is InChI=1S/C17H29NO4.C5H12O.CH3NO/c1-4-5-7-13(2)10-14(12-22-3)11-16(19)18-9-6-8-15(18)17(20)21;1-5(2,3)6-4;2-1-3/h4,13-15H,1,5-12H2,2-3H3,(H,20,21);1-4H3;1H,(H2,2,3). The fraction of sp³-hybridized carbons (Fsp3) is 0.783. The molecule has 3 atom stereocenters. The zero-order chi connectivity index (χ0) is 24.4. The van der Waals surface area contributed by atoms with Crippen LogP contribution in [0.1, 0.15) is 66.2 Å². The van der Waals surface area contributed by atoms with Gasteiger partial charge in [0.1, 0.15) is 6.04 Å². The van der Waals surface area contributed by atoms with Crippen molar-refractivity contribution >= 4 is 18.3 Å². The highest BCUT2D eigenvalue weighted by Gasteiger charge is 2.34. The molecule has 1 aliphatic rings. The van der Waals surface area contributed by atoms with Crippen molar-refractivity contribution in [1.29, 1.82) is 0 Å². The highest BCUT2D eigenvalue weighted by Crippen LogP contribution is 2.24. The van der Waals surface area contributed by atoms with Crippen LogP contribution in [0.25, 0.3) is 0 Å². The van der Waals surface area contributed by atoms with Crippen molar-refractivity contribution in [1.82, 2.24) is 4.90 Å². The number of amides is 2. The number of ether oxygens (including phenoxy) is 2. The largest absolute Gasteiger partial charge is 0.480 e. The van der Waals surface area contributed by atoms with E-state index in [1.807, 2.05) is 26.8 Å². The Morgan fingerprint density at radius 1 is 1.32 bits per heavy atom. The van der Waals surface area contributed by atoms with Crippen molar-refractivity contribution in [2.45, 2.75) is 77.9 Å². The van der Waals surface area contributed by atoms with Crippen LogP contribution >= 0.6 is 0 Å². The first-order chi connectivity index (χ1) is 14.5. The maximum absolute atomic E-state index is 12.4. The number of carbonyl (C=O) groups is 3. The molecule has 0 bridgehead atoms. The Morgan fingerprint density at radius 3 is 2.29 bits per heavy atom. The number of rotatable bonds is 10. The number of hydrogen-bond donors (Lipinski definition) is 2. The van der Waals surface area contributed by atoms with E-state index in [1.54, 1.807) is 14.2 Å². The molecule has 0 aliphatic carbocycles. The number of likely N-dealkylation sites (tertiary alicyclic amines) is 1. The topological polar surface area (TPSA) is 119 Å². The highest BCUT2D eigenvalue weighted by molar-refractivity contribution is 5.84. The maximum Gasteiger partial charge on any atom is 0.326 e. The molecule has 0 spiro atoms. The SMILES string of the molecule is C=CCCC(C)CC(COC)CC(=O)N1CCCC1C(=O)O.COC(C)(C)C.NC=O. The van der Waals surface area contributed by atoms with Gasteiger partial charge in [-0.25, -0.2) is 4.79 Å². The Morgan fingerprint density at radius 2 is 1.87 bits per heavy atom. The number of allylic oxidation sites excluding steroid dienone is 1. The Bertz CT molecular complexity index is 519. The van der Waals surface area contributed by atoms with E-state index in [0.717, 1.165) is 25.7 Å². The molecule has 182 valence electrons. The second kappa shape index (κ2) is 17.7. The van der Waals surface area contributed by atoms with Crippen molar-refractivity contribution in [2.24, 2.45) is 17.6 Å². The first-order valence-electron chi connectivity index (χ1n) is 10.8. The van der Waals surface area contributed by atoms with Gasteiger partial charge in [-0.15, -0.1) is 6.58 Å². The van der Waals surface area contributed by atoms with Gasteiger partial charge in [0.15, 0.2) is 0 Å². The Balaban J connectivity index is 0. The molecule has 8 nitrogen and oxygen atoms in total. The van der Waals surface area contributed by atoms with Gasteiger partial charge in [0.05, 0.1) is 5.60 Å². The number of primary amides is 1. The maximum atomic E-state index is 12.4. The number of nitrogens with zero attached hydrogens (tertiary/aromatic N) is 1. The van der Waals surface area contributed by atoms with Crippen LogP contribution in [0.15, 0.2) is 12.7 Å². The van der Waals surface area contributed by atoms with Gasteiger partial charge in [-0.1, -0.05) is 13.0 Å². The summed E-state index contributed by atoms with van der Waals surface area (Å²) < 4.78 is 10.2. The van der Waals surface area contributed by atoms with E-state index < -0.39 is 12.0 Å². The van der Waals surface area contributed by atoms with Gasteiger partial charge >= 0.3 is 5.97 Å². The van der Waals surface area contributed by atoms with E-state index in [-0.39, 0.29) is 23.8 Å². The van der Waals surface area contributed by atoms with E-state index in [2.05, 4.69) is 19.2 Å². The summed E-state index contributed by atoms with van der Waals surface area (Å²) in [5, 5.41) is 9.18. The lowest BCUT2D eigenvalue weighted by molar-refractivity contribution is -0.148. The molecule has 1 saturated heterocycles. The first kappa shape index (κ1) is 31.3. The predicted octanol–water partition coefficient (Wildman–Crippen LogP) is 3.24. The van der Waals surface area contributed by atoms with Crippen molar-refractivity contribution in [3.8, 4) is 0 Å². The molecule has 3 N–H and O–H groups in total. The second-order valence-corrected chi connectivity index (χ2v) is 8.77. The Hall–Kier alpha value is -1.93. The van der Waals surface area contributed by atoms with Gasteiger partial charge < -0.3 is 25.2 Å². The summed E-state index contributed by atoms with van der Waals surface area (Å²) in [6.45, 7) is 13.1. The minimum atomic E-state index is -0.895. The van der Waals surface area contributed by atoms with Gasteiger partial charge in [-0.3, -0.25) is 9.59 Å². The first-order valence-corrected chi connectivity index (χ1v) is 10.8. The fourth-order valence-corrected chi connectivity index (χ4v) is 3.22. The van der Waals surface area contributed by atoms with Gasteiger partial charge in [-0.05, 0) is 64.7 Å². The molecular weight excluding hydrogens is 400 g/mol. The zero-order valence-corrected chi connectivity index (χ0v) is 20.3. The number of methoxy groups -OCH3 is 2. The lowest BCUT2D eigenvalue weighted by Crippen LogP contribution is -2.41. The third-order valence-electron chi connectivity index (χ3n) is 4.94. The molecule has 0 aromatic heterocycles. The van der Waals surface area contributed by atoms with Crippen LogP contribution in [0.3, 0.4) is 0 Å². The van der Waals surface area contributed by atoms with E-state index >= 15 is 0 Å². The summed E-state index contributed by atoms with van der Waals surface area (Å²) in [6.07, 6.45) is 6.81. The smallest absolute Gasteiger partial charge is 0.326 e. The average Bonchev–Trinajstić information content (AvgIpc) is 3.17. The molecule has 2 amide bonds. The fourth-order valence-electron chi connectivity index (χ4n) is 3.22. The third kappa shape index (κ3) is 16.4. The third-order valence-corrected chi connectivity index (χ3v) is 4.94. The zero-order valence-electron chi connectivity index (χ0n) is 20.3. The quantitative estimate of drug-likeness (QED) is 0.394. The Kier molecular flexibility index (Phi) is 17.9. The lowest BCUT2D eigenvalue weighted by Gasteiger charge is -2.25. The van der Waals surface area contributed by atoms with Crippen molar-refractivity contribution in [2.75, 3.05) is 27.4 Å². The summed E-state index contributed by atoms with van der Waals surface area (Å²) in [6, 6.07) is -0.645. The number of carboxylic acids is 1. The molecular formula is C23H44N2O6. The van der Waals surface area contributed by atoms with E-state index in [4.69, 9.17) is 14.3 Å². The van der Waals surface area contributed by atoms with E-state index in [9.17, 15) is 14.7 Å². The van der Waals surface area contributed by atoms with E-state index in [0.29, 0.717) is 31.9 Å². The summed E-state index contributed by atoms with van der Waals surface area (Å²) in [5.41, 5.74) is 4.21. The van der Waals surface area contributed by atoms with Crippen LogP contribution in [-0.2, 0) is 23.9 Å². The molecule has 0 aromatic rings.